The summed E-state index contributed by atoms with van der Waals surface area (Å²) < 4.78 is 0. The van der Waals surface area contributed by atoms with E-state index in [0.29, 0.717) is 12.0 Å². The van der Waals surface area contributed by atoms with Crippen LogP contribution in [0.5, 0.6) is 0 Å². The average Bonchev–Trinajstić information content (AvgIpc) is 2.92. The Morgan fingerprint density at radius 2 is 1.69 bits per heavy atom. The third-order valence-corrected chi connectivity index (χ3v) is 8.25. The quantitative estimate of drug-likeness (QED) is 0.445. The Labute approximate surface area is 234 Å². The first-order valence-corrected chi connectivity index (χ1v) is 14.8. The summed E-state index contributed by atoms with van der Waals surface area (Å²) in [6, 6.07) is 13.7. The molecule has 2 aromatic carbocycles. The smallest absolute Gasteiger partial charge is 0.251 e. The van der Waals surface area contributed by atoms with Crippen molar-refractivity contribution in [1.82, 2.24) is 15.5 Å². The second kappa shape index (κ2) is 13.1. The highest BCUT2D eigenvalue weighted by molar-refractivity contribution is 5.96. The number of piperidine rings is 1. The molecular weight excluding hydrogens is 486 g/mol. The van der Waals surface area contributed by atoms with Crippen LogP contribution in [0.25, 0.3) is 0 Å². The molecule has 1 aliphatic carbocycles. The van der Waals surface area contributed by atoms with Crippen LogP contribution >= 0.6 is 0 Å². The van der Waals surface area contributed by atoms with Crippen LogP contribution in [-0.2, 0) is 30.5 Å². The van der Waals surface area contributed by atoms with E-state index >= 15 is 0 Å². The number of hydrogen-bond donors (Lipinski definition) is 3. The lowest BCUT2D eigenvalue weighted by Crippen LogP contribution is -2.49. The summed E-state index contributed by atoms with van der Waals surface area (Å²) in [5.41, 5.74) is 4.95. The molecule has 2 aliphatic rings. The fourth-order valence-electron chi connectivity index (χ4n) is 5.96. The number of amides is 2. The van der Waals surface area contributed by atoms with Crippen molar-refractivity contribution < 1.29 is 14.7 Å². The highest BCUT2D eigenvalue weighted by atomic mass is 16.3. The zero-order chi connectivity index (χ0) is 28.0. The Bertz CT molecular complexity index is 1130. The Hall–Kier alpha value is -2.70. The first-order chi connectivity index (χ1) is 18.6. The fraction of sp³-hybridized carbons (Fsp3) is 0.576. The van der Waals surface area contributed by atoms with Gasteiger partial charge in [0.15, 0.2) is 0 Å². The maximum Gasteiger partial charge on any atom is 0.251 e. The average molecular weight is 534 g/mol. The van der Waals surface area contributed by atoms with E-state index in [1.54, 1.807) is 0 Å². The maximum absolute atomic E-state index is 13.4. The van der Waals surface area contributed by atoms with Crippen molar-refractivity contribution in [2.45, 2.75) is 96.7 Å². The van der Waals surface area contributed by atoms with Gasteiger partial charge < -0.3 is 20.6 Å². The van der Waals surface area contributed by atoms with Gasteiger partial charge >= 0.3 is 0 Å². The second-order valence-corrected chi connectivity index (χ2v) is 12.5. The van der Waals surface area contributed by atoms with Gasteiger partial charge in [-0.05, 0) is 114 Å². The van der Waals surface area contributed by atoms with Gasteiger partial charge in [-0.2, -0.15) is 0 Å². The molecule has 6 heteroatoms. The molecule has 2 atom stereocenters. The number of aliphatic hydroxyl groups excluding tert-OH is 1. The van der Waals surface area contributed by atoms with Crippen LogP contribution in [0.15, 0.2) is 42.5 Å². The number of fused-ring (bicyclic) bond motifs is 1. The number of hydrogen-bond acceptors (Lipinski definition) is 4. The van der Waals surface area contributed by atoms with Crippen molar-refractivity contribution in [1.29, 1.82) is 0 Å². The molecule has 1 aliphatic heterocycles. The highest BCUT2D eigenvalue weighted by Gasteiger charge is 2.30. The van der Waals surface area contributed by atoms with Gasteiger partial charge in [0.1, 0.15) is 0 Å². The Balaban J connectivity index is 1.53. The molecule has 6 nitrogen and oxygen atoms in total. The van der Waals surface area contributed by atoms with Gasteiger partial charge in [-0.25, -0.2) is 0 Å². The van der Waals surface area contributed by atoms with Crippen LogP contribution in [0, 0.1) is 5.92 Å². The molecule has 0 radical (unpaired) electrons. The summed E-state index contributed by atoms with van der Waals surface area (Å²) in [6.07, 6.45) is 6.38. The molecule has 0 aromatic heterocycles. The van der Waals surface area contributed by atoms with Gasteiger partial charge in [0.25, 0.3) is 5.91 Å². The number of aliphatic hydroxyl groups is 1. The van der Waals surface area contributed by atoms with Crippen LogP contribution in [0.2, 0.25) is 0 Å². The van der Waals surface area contributed by atoms with E-state index in [1.165, 1.54) is 24.0 Å². The standard InChI is InChI=1S/C33H47N3O3/c1-5-36-18-16-25(17-19-36)31(38)34-29(21-23-14-15-24-10-6-7-11-26(24)20-23)30(37)22-27-12-8-9-13-28(27)32(39)35-33(2,3)4/h8-9,12-15,20,25,29-30,37H,5-7,10-11,16-19,21-22H2,1-4H3,(H,34,38)(H,35,39). The molecule has 2 amide bonds. The van der Waals surface area contributed by atoms with E-state index < -0.39 is 12.1 Å². The van der Waals surface area contributed by atoms with Crippen molar-refractivity contribution in [3.05, 3.63) is 70.3 Å². The molecule has 1 saturated heterocycles. The largest absolute Gasteiger partial charge is 0.391 e. The topological polar surface area (TPSA) is 81.7 Å². The summed E-state index contributed by atoms with van der Waals surface area (Å²) in [7, 11) is 0. The highest BCUT2D eigenvalue weighted by Crippen LogP contribution is 2.24. The maximum atomic E-state index is 13.4. The summed E-state index contributed by atoms with van der Waals surface area (Å²) in [6.45, 7) is 10.9. The molecule has 3 N–H and O–H groups in total. The first kappa shape index (κ1) is 29.3. The summed E-state index contributed by atoms with van der Waals surface area (Å²) >= 11 is 0. The molecule has 4 rings (SSSR count). The van der Waals surface area contributed by atoms with Crippen LogP contribution in [0.4, 0.5) is 0 Å². The molecule has 1 heterocycles. The predicted molar refractivity (Wildman–Crippen MR) is 157 cm³/mol. The number of rotatable bonds is 9. The molecule has 0 spiro atoms. The SMILES string of the molecule is CCN1CCC(C(=O)NC(Cc2ccc3c(c2)CCCC3)C(O)Cc2ccccc2C(=O)NC(C)(C)C)CC1. The van der Waals surface area contributed by atoms with Gasteiger partial charge in [0.2, 0.25) is 5.91 Å². The minimum Gasteiger partial charge on any atom is -0.391 e. The number of carbonyl (C=O) groups is 2. The molecule has 1 fully saturated rings. The van der Waals surface area contributed by atoms with Crippen LogP contribution in [0.3, 0.4) is 0 Å². The molecule has 39 heavy (non-hydrogen) atoms. The van der Waals surface area contributed by atoms with E-state index in [-0.39, 0.29) is 29.7 Å². The number of aryl methyl sites for hydroxylation is 2. The minimum atomic E-state index is -0.829. The number of benzene rings is 2. The predicted octanol–water partition coefficient (Wildman–Crippen LogP) is 4.46. The van der Waals surface area contributed by atoms with Crippen molar-refractivity contribution in [2.75, 3.05) is 19.6 Å². The van der Waals surface area contributed by atoms with Gasteiger partial charge in [-0.3, -0.25) is 9.59 Å². The lowest BCUT2D eigenvalue weighted by atomic mass is 9.87. The fourth-order valence-corrected chi connectivity index (χ4v) is 5.96. The van der Waals surface area contributed by atoms with Gasteiger partial charge in [0, 0.05) is 23.4 Å². The normalized spacial score (nSPS) is 18.2. The minimum absolute atomic E-state index is 0.0316. The molecule has 212 valence electrons. The van der Waals surface area contributed by atoms with Crippen LogP contribution in [-0.4, -0.2) is 59.1 Å². The third-order valence-electron chi connectivity index (χ3n) is 8.25. The lowest BCUT2D eigenvalue weighted by Gasteiger charge is -2.32. The van der Waals surface area contributed by atoms with Gasteiger partial charge in [-0.15, -0.1) is 0 Å². The van der Waals surface area contributed by atoms with Gasteiger partial charge in [-0.1, -0.05) is 43.3 Å². The zero-order valence-corrected chi connectivity index (χ0v) is 24.3. The Morgan fingerprint density at radius 1 is 1.00 bits per heavy atom. The first-order valence-electron chi connectivity index (χ1n) is 14.8. The van der Waals surface area contributed by atoms with Crippen molar-refractivity contribution in [2.24, 2.45) is 5.92 Å². The van der Waals surface area contributed by atoms with Crippen molar-refractivity contribution in [3.63, 3.8) is 0 Å². The van der Waals surface area contributed by atoms with E-state index in [1.807, 2.05) is 45.0 Å². The number of nitrogens with one attached hydrogen (secondary N) is 2. The van der Waals surface area contributed by atoms with E-state index in [4.69, 9.17) is 0 Å². The Morgan fingerprint density at radius 3 is 2.38 bits per heavy atom. The summed E-state index contributed by atoms with van der Waals surface area (Å²) in [5, 5.41) is 17.9. The monoisotopic (exact) mass is 533 g/mol. The molecule has 2 unspecified atom stereocenters. The van der Waals surface area contributed by atoms with E-state index in [2.05, 4.69) is 40.7 Å². The third kappa shape index (κ3) is 8.15. The number of carbonyl (C=O) groups excluding carboxylic acids is 2. The lowest BCUT2D eigenvalue weighted by molar-refractivity contribution is -0.128. The van der Waals surface area contributed by atoms with Gasteiger partial charge in [0.05, 0.1) is 12.1 Å². The van der Waals surface area contributed by atoms with E-state index in [9.17, 15) is 14.7 Å². The van der Waals surface area contributed by atoms with Crippen molar-refractivity contribution >= 4 is 11.8 Å². The summed E-state index contributed by atoms with van der Waals surface area (Å²) in [4.78, 5) is 28.8. The molecule has 0 bridgehead atoms. The zero-order valence-electron chi connectivity index (χ0n) is 24.3. The molecule has 2 aromatic rings. The molecular formula is C33H47N3O3. The second-order valence-electron chi connectivity index (χ2n) is 12.5. The number of likely N-dealkylation sites (tertiary alicyclic amines) is 1. The Kier molecular flexibility index (Phi) is 9.84. The van der Waals surface area contributed by atoms with Crippen LogP contribution < -0.4 is 10.6 Å². The molecule has 0 saturated carbocycles. The number of nitrogens with zero attached hydrogens (tertiary/aromatic N) is 1. The van der Waals surface area contributed by atoms with Crippen molar-refractivity contribution in [3.8, 4) is 0 Å². The van der Waals surface area contributed by atoms with E-state index in [0.717, 1.165) is 56.4 Å². The summed E-state index contributed by atoms with van der Waals surface area (Å²) in [5.74, 6) is -0.148. The van der Waals surface area contributed by atoms with Crippen LogP contribution in [0.1, 0.15) is 86.0 Å².